The number of hydrogen-bond acceptors (Lipinski definition) is 6. The molecule has 1 atom stereocenters. The third-order valence-corrected chi connectivity index (χ3v) is 16.7. The van der Waals surface area contributed by atoms with Gasteiger partial charge in [-0.25, -0.2) is 0 Å². The van der Waals surface area contributed by atoms with Gasteiger partial charge in [-0.3, -0.25) is 14.4 Å². The fourth-order valence-corrected chi connectivity index (χ4v) is 11.2. The smallest absolute Gasteiger partial charge is 0.306 e. The van der Waals surface area contributed by atoms with Crippen LogP contribution in [0.2, 0.25) is 0 Å². The summed E-state index contributed by atoms with van der Waals surface area (Å²) in [5.41, 5.74) is 0. The van der Waals surface area contributed by atoms with E-state index in [2.05, 4.69) is 45.1 Å². The lowest BCUT2D eigenvalue weighted by Gasteiger charge is -2.18. The number of esters is 3. The summed E-state index contributed by atoms with van der Waals surface area (Å²) in [5.74, 6) is -0.860. The summed E-state index contributed by atoms with van der Waals surface area (Å²) < 4.78 is 17.0. The third kappa shape index (κ3) is 66.7. The van der Waals surface area contributed by atoms with Crippen molar-refractivity contribution in [3.05, 3.63) is 24.3 Å². The molecule has 0 fully saturated rings. The molecule has 0 heterocycles. The van der Waals surface area contributed by atoms with E-state index in [-0.39, 0.29) is 31.1 Å². The zero-order valence-electron chi connectivity index (χ0n) is 54.4. The van der Waals surface area contributed by atoms with Crippen LogP contribution in [0.3, 0.4) is 0 Å². The van der Waals surface area contributed by atoms with E-state index in [9.17, 15) is 14.4 Å². The van der Waals surface area contributed by atoms with Crippen LogP contribution < -0.4 is 0 Å². The number of hydrogen-bond donors (Lipinski definition) is 0. The van der Waals surface area contributed by atoms with Crippen LogP contribution in [0.4, 0.5) is 0 Å². The molecule has 0 amide bonds. The number of carbonyl (C=O) groups excluding carboxylic acids is 3. The van der Waals surface area contributed by atoms with E-state index in [0.29, 0.717) is 19.3 Å². The Hall–Kier alpha value is -2.11. The zero-order chi connectivity index (χ0) is 57.8. The van der Waals surface area contributed by atoms with E-state index in [1.165, 1.54) is 302 Å². The maximum atomic E-state index is 12.9. The van der Waals surface area contributed by atoms with Crippen LogP contribution in [0.25, 0.3) is 0 Å². The van der Waals surface area contributed by atoms with Crippen molar-refractivity contribution in [3.8, 4) is 0 Å². The van der Waals surface area contributed by atoms with Gasteiger partial charge < -0.3 is 14.2 Å². The van der Waals surface area contributed by atoms with E-state index >= 15 is 0 Å². The number of unbranched alkanes of at least 4 members (excludes halogenated alkanes) is 53. The van der Waals surface area contributed by atoms with Gasteiger partial charge in [0.05, 0.1) is 0 Å². The Bertz CT molecular complexity index is 1290. The third-order valence-electron chi connectivity index (χ3n) is 16.7. The highest BCUT2D eigenvalue weighted by Crippen LogP contribution is 2.19. The van der Waals surface area contributed by atoms with E-state index in [1.54, 1.807) is 0 Å². The molecule has 0 aliphatic carbocycles. The van der Waals surface area contributed by atoms with Gasteiger partial charge >= 0.3 is 17.9 Å². The Morgan fingerprint density at radius 1 is 0.237 bits per heavy atom. The summed E-state index contributed by atoms with van der Waals surface area (Å²) in [6.07, 6.45) is 85.1. The van der Waals surface area contributed by atoms with Crippen molar-refractivity contribution in [1.29, 1.82) is 0 Å². The van der Waals surface area contributed by atoms with Crippen molar-refractivity contribution in [2.24, 2.45) is 0 Å². The predicted octanol–water partition coefficient (Wildman–Crippen LogP) is 25.0. The average molecular weight is 1130 g/mol. The summed E-state index contributed by atoms with van der Waals surface area (Å²) in [6, 6.07) is 0. The fraction of sp³-hybridized carbons (Fsp3) is 0.905. The van der Waals surface area contributed by atoms with Gasteiger partial charge in [0.25, 0.3) is 0 Å². The van der Waals surface area contributed by atoms with E-state index in [4.69, 9.17) is 14.2 Å². The largest absolute Gasteiger partial charge is 0.462 e. The SMILES string of the molecule is CCCCCCCC/C=C\CCCCCCCC(=O)OCC(COC(=O)CCCCCCCCCCCCCCCCCCCCCCCCCCCCCCCCC)OC(=O)CCCCCCC/C=C\CCCCCCCCC. The maximum absolute atomic E-state index is 12.9. The first-order chi connectivity index (χ1) is 39.5. The molecule has 0 N–H and O–H groups in total. The summed E-state index contributed by atoms with van der Waals surface area (Å²) >= 11 is 0. The Morgan fingerprint density at radius 3 is 0.625 bits per heavy atom. The zero-order valence-corrected chi connectivity index (χ0v) is 54.4. The van der Waals surface area contributed by atoms with Gasteiger partial charge in [-0.2, -0.15) is 0 Å². The van der Waals surface area contributed by atoms with Crippen LogP contribution in [0.15, 0.2) is 24.3 Å². The van der Waals surface area contributed by atoms with Crippen LogP contribution in [-0.4, -0.2) is 37.2 Å². The first-order valence-corrected chi connectivity index (χ1v) is 36.3. The molecule has 1 unspecified atom stereocenters. The van der Waals surface area contributed by atoms with Gasteiger partial charge in [0.15, 0.2) is 6.10 Å². The van der Waals surface area contributed by atoms with E-state index in [0.717, 1.165) is 70.6 Å². The Labute approximate surface area is 500 Å². The molecule has 0 spiro atoms. The highest BCUT2D eigenvalue weighted by molar-refractivity contribution is 5.71. The van der Waals surface area contributed by atoms with Crippen LogP contribution in [0.5, 0.6) is 0 Å². The second-order valence-corrected chi connectivity index (χ2v) is 24.9. The van der Waals surface area contributed by atoms with Gasteiger partial charge in [0, 0.05) is 19.3 Å². The van der Waals surface area contributed by atoms with Gasteiger partial charge in [-0.05, 0) is 70.6 Å². The molecule has 80 heavy (non-hydrogen) atoms. The van der Waals surface area contributed by atoms with Crippen molar-refractivity contribution in [3.63, 3.8) is 0 Å². The minimum absolute atomic E-state index is 0.0721. The fourth-order valence-electron chi connectivity index (χ4n) is 11.2. The van der Waals surface area contributed by atoms with Gasteiger partial charge in [-0.15, -0.1) is 0 Å². The summed E-state index contributed by atoms with van der Waals surface area (Å²) in [5, 5.41) is 0. The molecule has 0 aromatic rings. The minimum Gasteiger partial charge on any atom is -0.462 e. The monoisotopic (exact) mass is 1130 g/mol. The van der Waals surface area contributed by atoms with Gasteiger partial charge in [-0.1, -0.05) is 347 Å². The lowest BCUT2D eigenvalue weighted by Crippen LogP contribution is -2.30. The van der Waals surface area contributed by atoms with Crippen molar-refractivity contribution in [2.45, 2.75) is 419 Å². The lowest BCUT2D eigenvalue weighted by molar-refractivity contribution is -0.167. The molecule has 0 aliphatic heterocycles. The van der Waals surface area contributed by atoms with Crippen molar-refractivity contribution >= 4 is 17.9 Å². The first-order valence-electron chi connectivity index (χ1n) is 36.3. The van der Waals surface area contributed by atoms with Crippen molar-refractivity contribution < 1.29 is 28.6 Å². The molecule has 6 nitrogen and oxygen atoms in total. The van der Waals surface area contributed by atoms with Crippen LogP contribution in [-0.2, 0) is 28.6 Å². The minimum atomic E-state index is -0.777. The molecule has 6 heteroatoms. The second kappa shape index (κ2) is 69.4. The molecule has 472 valence electrons. The molecular weight excluding hydrogens is 985 g/mol. The first kappa shape index (κ1) is 77.9. The van der Waals surface area contributed by atoms with E-state index in [1.807, 2.05) is 0 Å². The average Bonchev–Trinajstić information content (AvgIpc) is 3.46. The molecule has 0 aliphatic rings. The van der Waals surface area contributed by atoms with Crippen molar-refractivity contribution in [1.82, 2.24) is 0 Å². The topological polar surface area (TPSA) is 78.9 Å². The number of carbonyl (C=O) groups is 3. The molecule has 0 aromatic carbocycles. The van der Waals surface area contributed by atoms with E-state index < -0.39 is 6.10 Å². The quantitative estimate of drug-likeness (QED) is 0.0261. The van der Waals surface area contributed by atoms with Gasteiger partial charge in [0.2, 0.25) is 0 Å². The van der Waals surface area contributed by atoms with Crippen molar-refractivity contribution in [2.75, 3.05) is 13.2 Å². The number of rotatable bonds is 68. The molecule has 0 radical (unpaired) electrons. The van der Waals surface area contributed by atoms with Gasteiger partial charge in [0.1, 0.15) is 13.2 Å². The normalized spacial score (nSPS) is 12.1. The highest BCUT2D eigenvalue weighted by atomic mass is 16.6. The molecule has 0 saturated heterocycles. The van der Waals surface area contributed by atoms with Crippen LogP contribution >= 0.6 is 0 Å². The summed E-state index contributed by atoms with van der Waals surface area (Å²) in [6.45, 7) is 6.70. The predicted molar refractivity (Wildman–Crippen MR) is 349 cm³/mol. The Balaban J connectivity index is 4.14. The van der Waals surface area contributed by atoms with Crippen LogP contribution in [0.1, 0.15) is 412 Å². The lowest BCUT2D eigenvalue weighted by atomic mass is 10.0. The number of allylic oxidation sites excluding steroid dienone is 4. The Kier molecular flexibility index (Phi) is 67.6. The molecule has 0 bridgehead atoms. The molecule has 0 rings (SSSR count). The molecular formula is C74H140O6. The van der Waals surface area contributed by atoms with Crippen LogP contribution in [0, 0.1) is 0 Å². The summed E-state index contributed by atoms with van der Waals surface area (Å²) in [4.78, 5) is 38.4. The highest BCUT2D eigenvalue weighted by Gasteiger charge is 2.19. The Morgan fingerprint density at radius 2 is 0.412 bits per heavy atom. The maximum Gasteiger partial charge on any atom is 0.306 e. The second-order valence-electron chi connectivity index (χ2n) is 24.9. The summed E-state index contributed by atoms with van der Waals surface area (Å²) in [7, 11) is 0. The number of ether oxygens (including phenoxy) is 3. The molecule has 0 saturated carbocycles. The standard InChI is InChI=1S/C74H140O6/c1-4-7-10-13-16-19-22-25-28-30-31-32-33-34-35-36-37-38-39-40-41-42-43-44-47-49-52-55-58-61-64-67-73(76)79-70-71(69-78-72(75)66-63-60-57-54-51-48-45-27-24-21-18-15-12-9-6-3)80-74(77)68-65-62-59-56-53-50-46-29-26-23-20-17-14-11-8-5-2/h27,29,45-46,71H,4-26,28,30-44,47-70H2,1-3H3/b45-27-,46-29-. The molecule has 0 aromatic heterocycles.